The molecule has 0 aromatic rings. The number of nitrogens with zero attached hydrogens (tertiary/aromatic N) is 3. The van der Waals surface area contributed by atoms with E-state index >= 15 is 0 Å². The normalized spacial score (nSPS) is 20.5. The summed E-state index contributed by atoms with van der Waals surface area (Å²) in [4.78, 5) is 18.3. The van der Waals surface area contributed by atoms with Gasteiger partial charge in [0.05, 0.1) is 6.10 Å². The van der Waals surface area contributed by atoms with Crippen LogP contribution in [0.15, 0.2) is 0 Å². The second kappa shape index (κ2) is 8.13. The molecule has 6 nitrogen and oxygen atoms in total. The molecule has 1 rings (SSSR count). The lowest BCUT2D eigenvalue weighted by molar-refractivity contribution is 0.0651. The minimum Gasteiger partial charge on any atom is -0.390 e. The maximum atomic E-state index is 12.2. The van der Waals surface area contributed by atoms with Crippen molar-refractivity contribution in [2.45, 2.75) is 39.8 Å². The fourth-order valence-corrected chi connectivity index (χ4v) is 2.30. The summed E-state index contributed by atoms with van der Waals surface area (Å²) in [6.07, 6.45) is -0.510. The van der Waals surface area contributed by atoms with Gasteiger partial charge in [-0.25, -0.2) is 4.79 Å². The van der Waals surface area contributed by atoms with Crippen LogP contribution in [0, 0.1) is 5.41 Å². The Bertz CT molecular complexity index is 349. The van der Waals surface area contributed by atoms with E-state index in [2.05, 4.69) is 42.9 Å². The minimum absolute atomic E-state index is 0.0228. The zero-order chi connectivity index (χ0) is 16.9. The number of aliphatic hydroxyl groups excluding tert-OH is 1. The molecule has 6 heteroatoms. The predicted molar refractivity (Wildman–Crippen MR) is 90.0 cm³/mol. The van der Waals surface area contributed by atoms with Gasteiger partial charge in [-0.1, -0.05) is 20.8 Å². The maximum Gasteiger partial charge on any atom is 0.317 e. The van der Waals surface area contributed by atoms with E-state index in [1.807, 2.05) is 6.92 Å². The fraction of sp³-hybridized carbons (Fsp3) is 0.938. The number of carbonyl (C=O) groups excluding carboxylic acids is 1. The highest BCUT2D eigenvalue weighted by Crippen LogP contribution is 2.18. The number of hydrogen-bond donors (Lipinski definition) is 2. The molecular formula is C16H34N4O2. The first-order valence-corrected chi connectivity index (χ1v) is 8.20. The molecule has 0 radical (unpaired) electrons. The number of likely N-dealkylation sites (N-methyl/N-ethyl adjacent to an activating group) is 2. The molecule has 0 bridgehead atoms. The van der Waals surface area contributed by atoms with Crippen LogP contribution in [0.2, 0.25) is 0 Å². The number of aliphatic hydroxyl groups is 1. The Morgan fingerprint density at radius 1 is 1.27 bits per heavy atom. The van der Waals surface area contributed by atoms with Gasteiger partial charge in [0.2, 0.25) is 0 Å². The van der Waals surface area contributed by atoms with Crippen LogP contribution in [0.1, 0.15) is 27.7 Å². The highest BCUT2D eigenvalue weighted by molar-refractivity contribution is 5.74. The van der Waals surface area contributed by atoms with Gasteiger partial charge in [0.25, 0.3) is 0 Å². The SMILES string of the molecule is CC(NC(=O)N(C)CC(O)CN1CCN(C)CC1)C(C)(C)C. The zero-order valence-electron chi connectivity index (χ0n) is 15.1. The molecule has 1 aliphatic heterocycles. The third kappa shape index (κ3) is 6.50. The second-order valence-corrected chi connectivity index (χ2v) is 7.68. The molecule has 2 unspecified atom stereocenters. The molecule has 2 N–H and O–H groups in total. The summed E-state index contributed by atoms with van der Waals surface area (Å²) in [6.45, 7) is 13.3. The van der Waals surface area contributed by atoms with Crippen molar-refractivity contribution < 1.29 is 9.90 Å². The highest BCUT2D eigenvalue weighted by Gasteiger charge is 2.24. The molecule has 1 heterocycles. The predicted octanol–water partition coefficient (Wildman–Crippen LogP) is 0.671. The molecule has 0 saturated carbocycles. The molecule has 0 aromatic carbocycles. The highest BCUT2D eigenvalue weighted by atomic mass is 16.3. The minimum atomic E-state index is -0.510. The van der Waals surface area contributed by atoms with E-state index in [1.165, 1.54) is 0 Å². The molecule has 0 aliphatic carbocycles. The van der Waals surface area contributed by atoms with Crippen LogP contribution >= 0.6 is 0 Å². The molecular weight excluding hydrogens is 280 g/mol. The molecule has 2 amide bonds. The van der Waals surface area contributed by atoms with Crippen molar-refractivity contribution >= 4 is 6.03 Å². The number of rotatable bonds is 5. The first kappa shape index (κ1) is 19.2. The van der Waals surface area contributed by atoms with Crippen LogP contribution in [0.25, 0.3) is 0 Å². The number of β-amino-alcohol motifs (C(OH)–C–C–N with tert-alkyl or cyclic N) is 1. The summed E-state index contributed by atoms with van der Waals surface area (Å²) in [6, 6.07) is -0.0444. The monoisotopic (exact) mass is 314 g/mol. The van der Waals surface area contributed by atoms with Gasteiger partial charge in [-0.15, -0.1) is 0 Å². The van der Waals surface area contributed by atoms with Crippen molar-refractivity contribution in [1.29, 1.82) is 0 Å². The van der Waals surface area contributed by atoms with Crippen LogP contribution in [0.4, 0.5) is 4.79 Å². The lowest BCUT2D eigenvalue weighted by atomic mass is 9.88. The van der Waals surface area contributed by atoms with E-state index in [0.29, 0.717) is 13.1 Å². The van der Waals surface area contributed by atoms with E-state index in [0.717, 1.165) is 26.2 Å². The number of urea groups is 1. The number of piperazine rings is 1. The van der Waals surface area contributed by atoms with Crippen molar-refractivity contribution in [3.8, 4) is 0 Å². The Morgan fingerprint density at radius 2 is 1.82 bits per heavy atom. The van der Waals surface area contributed by atoms with Gasteiger partial charge in [-0.3, -0.25) is 4.90 Å². The van der Waals surface area contributed by atoms with E-state index in [9.17, 15) is 9.90 Å². The van der Waals surface area contributed by atoms with Gasteiger partial charge in [-0.05, 0) is 19.4 Å². The molecule has 130 valence electrons. The summed E-state index contributed by atoms with van der Waals surface area (Å²) < 4.78 is 0. The maximum absolute atomic E-state index is 12.2. The van der Waals surface area contributed by atoms with Crippen LogP contribution in [0.3, 0.4) is 0 Å². The van der Waals surface area contributed by atoms with Gasteiger partial charge in [0, 0.05) is 52.4 Å². The Morgan fingerprint density at radius 3 is 2.32 bits per heavy atom. The number of hydrogen-bond acceptors (Lipinski definition) is 4. The summed E-state index contributed by atoms with van der Waals surface area (Å²) >= 11 is 0. The van der Waals surface area contributed by atoms with E-state index in [1.54, 1.807) is 11.9 Å². The van der Waals surface area contributed by atoms with Crippen LogP contribution in [-0.4, -0.2) is 91.3 Å². The Labute approximate surface area is 135 Å². The Balaban J connectivity index is 2.33. The summed E-state index contributed by atoms with van der Waals surface area (Å²) in [5.41, 5.74) is 0.0228. The smallest absolute Gasteiger partial charge is 0.317 e. The summed E-state index contributed by atoms with van der Waals surface area (Å²) in [5, 5.41) is 13.2. The van der Waals surface area contributed by atoms with E-state index in [-0.39, 0.29) is 17.5 Å². The second-order valence-electron chi connectivity index (χ2n) is 7.68. The van der Waals surface area contributed by atoms with Crippen molar-refractivity contribution in [1.82, 2.24) is 20.0 Å². The molecule has 1 saturated heterocycles. The fourth-order valence-electron chi connectivity index (χ4n) is 2.30. The van der Waals surface area contributed by atoms with Crippen molar-refractivity contribution in [3.63, 3.8) is 0 Å². The van der Waals surface area contributed by atoms with Crippen LogP contribution < -0.4 is 5.32 Å². The zero-order valence-corrected chi connectivity index (χ0v) is 15.1. The third-order valence-corrected chi connectivity index (χ3v) is 4.54. The topological polar surface area (TPSA) is 59.1 Å². The average molecular weight is 314 g/mol. The average Bonchev–Trinajstić information content (AvgIpc) is 2.40. The van der Waals surface area contributed by atoms with E-state index < -0.39 is 6.10 Å². The first-order valence-electron chi connectivity index (χ1n) is 8.20. The lowest BCUT2D eigenvalue weighted by Gasteiger charge is -2.34. The van der Waals surface area contributed by atoms with Gasteiger partial charge in [0.1, 0.15) is 0 Å². The van der Waals surface area contributed by atoms with Crippen molar-refractivity contribution in [2.24, 2.45) is 5.41 Å². The summed E-state index contributed by atoms with van der Waals surface area (Å²) in [7, 11) is 3.85. The van der Waals surface area contributed by atoms with Gasteiger partial charge < -0.3 is 20.2 Å². The van der Waals surface area contributed by atoms with Crippen LogP contribution in [-0.2, 0) is 0 Å². The standard InChI is InChI=1S/C16H34N4O2/c1-13(16(2,3)4)17-15(22)19(6)11-14(21)12-20-9-7-18(5)8-10-20/h13-14,21H,7-12H2,1-6H3,(H,17,22). The first-order chi connectivity index (χ1) is 10.1. The Kier molecular flexibility index (Phi) is 7.09. The largest absolute Gasteiger partial charge is 0.390 e. The van der Waals surface area contributed by atoms with Crippen molar-refractivity contribution in [3.05, 3.63) is 0 Å². The molecule has 0 aromatic heterocycles. The molecule has 22 heavy (non-hydrogen) atoms. The quantitative estimate of drug-likeness (QED) is 0.783. The van der Waals surface area contributed by atoms with Crippen LogP contribution in [0.5, 0.6) is 0 Å². The van der Waals surface area contributed by atoms with Gasteiger partial charge in [-0.2, -0.15) is 0 Å². The lowest BCUT2D eigenvalue weighted by Crippen LogP contribution is -2.51. The summed E-state index contributed by atoms with van der Waals surface area (Å²) in [5.74, 6) is 0. The number of carbonyl (C=O) groups is 1. The molecule has 1 fully saturated rings. The molecule has 1 aliphatic rings. The van der Waals surface area contributed by atoms with E-state index in [4.69, 9.17) is 0 Å². The Hall–Kier alpha value is -0.850. The van der Waals surface area contributed by atoms with Gasteiger partial charge >= 0.3 is 6.03 Å². The van der Waals surface area contributed by atoms with Gasteiger partial charge in [0.15, 0.2) is 0 Å². The third-order valence-electron chi connectivity index (χ3n) is 4.54. The molecule has 2 atom stereocenters. The van der Waals surface area contributed by atoms with Crippen molar-refractivity contribution in [2.75, 3.05) is 53.4 Å². The number of nitrogens with one attached hydrogen (secondary N) is 1. The molecule has 0 spiro atoms. The number of amides is 2.